The number of benzene rings is 2. The van der Waals surface area contributed by atoms with Crippen LogP contribution in [0.25, 0.3) is 22.5 Å². The Bertz CT molecular complexity index is 1110. The number of aromatic amines is 1. The fourth-order valence-corrected chi connectivity index (χ4v) is 4.93. The number of phenols is 1. The zero-order valence-corrected chi connectivity index (χ0v) is 18.4. The molecule has 166 valence electrons. The Morgan fingerprint density at radius 1 is 1.09 bits per heavy atom. The normalized spacial score (nSPS) is 15.8. The summed E-state index contributed by atoms with van der Waals surface area (Å²) in [7, 11) is 0. The van der Waals surface area contributed by atoms with Crippen LogP contribution in [0.15, 0.2) is 42.5 Å². The van der Waals surface area contributed by atoms with Crippen LogP contribution in [0.4, 0.5) is 0 Å². The second-order valence-corrected chi connectivity index (χ2v) is 8.86. The number of aromatic hydroxyl groups is 1. The van der Waals surface area contributed by atoms with Gasteiger partial charge in [0.2, 0.25) is 0 Å². The maximum atomic E-state index is 12.8. The number of nitrogens with one attached hydrogen (secondary N) is 2. The minimum absolute atomic E-state index is 0.00534. The highest BCUT2D eigenvalue weighted by molar-refractivity contribution is 5.98. The number of hydrogen-bond acceptors (Lipinski definition) is 4. The van der Waals surface area contributed by atoms with Crippen molar-refractivity contribution in [2.45, 2.75) is 38.5 Å². The van der Waals surface area contributed by atoms with Gasteiger partial charge in [-0.15, -0.1) is 0 Å². The lowest BCUT2D eigenvalue weighted by atomic mass is 10.0. The number of H-pyrrole nitrogens is 1. The van der Waals surface area contributed by atoms with Crippen LogP contribution in [0.3, 0.4) is 0 Å². The molecule has 5 rings (SSSR count). The number of nitrogens with zero attached hydrogens (tertiary/aromatic N) is 2. The van der Waals surface area contributed by atoms with Crippen LogP contribution in [0.5, 0.6) is 5.75 Å². The van der Waals surface area contributed by atoms with E-state index in [-0.39, 0.29) is 11.7 Å². The predicted molar refractivity (Wildman–Crippen MR) is 126 cm³/mol. The van der Waals surface area contributed by atoms with Crippen LogP contribution < -0.4 is 5.32 Å². The summed E-state index contributed by atoms with van der Waals surface area (Å²) in [6, 6.07) is 13.5. The lowest BCUT2D eigenvalue weighted by molar-refractivity contribution is 0.0949. The molecular formula is C26H30N4O2. The van der Waals surface area contributed by atoms with E-state index in [2.05, 4.69) is 32.5 Å². The molecule has 3 N–H and O–H groups in total. The quantitative estimate of drug-likeness (QED) is 0.397. The zero-order chi connectivity index (χ0) is 21.9. The van der Waals surface area contributed by atoms with E-state index in [0.29, 0.717) is 12.1 Å². The summed E-state index contributed by atoms with van der Waals surface area (Å²) >= 11 is 0. The Morgan fingerprint density at radius 3 is 2.75 bits per heavy atom. The van der Waals surface area contributed by atoms with E-state index >= 15 is 0 Å². The van der Waals surface area contributed by atoms with Gasteiger partial charge >= 0.3 is 0 Å². The maximum Gasteiger partial charge on any atom is 0.255 e. The molecule has 32 heavy (non-hydrogen) atoms. The molecule has 2 aliphatic rings. The lowest BCUT2D eigenvalue weighted by Crippen LogP contribution is -2.30. The van der Waals surface area contributed by atoms with Crippen LogP contribution in [-0.4, -0.2) is 52.3 Å². The fraction of sp³-hybridized carbons (Fsp3) is 0.385. The molecule has 6 heteroatoms. The smallest absolute Gasteiger partial charge is 0.255 e. The molecule has 3 aromatic rings. The molecule has 1 aromatic heterocycles. The molecule has 0 unspecified atom stereocenters. The van der Waals surface area contributed by atoms with E-state index in [0.717, 1.165) is 55.0 Å². The Kier molecular flexibility index (Phi) is 5.95. The average molecular weight is 431 g/mol. The number of fused-ring (bicyclic) bond motifs is 3. The van der Waals surface area contributed by atoms with Crippen molar-refractivity contribution in [1.29, 1.82) is 0 Å². The molecule has 1 fully saturated rings. The summed E-state index contributed by atoms with van der Waals surface area (Å²) < 4.78 is 0. The number of hydrogen-bond donors (Lipinski definition) is 3. The van der Waals surface area contributed by atoms with Crippen molar-refractivity contribution in [3.05, 3.63) is 59.2 Å². The summed E-state index contributed by atoms with van der Waals surface area (Å²) in [5, 5.41) is 21.0. The highest BCUT2D eigenvalue weighted by Crippen LogP contribution is 2.40. The van der Waals surface area contributed by atoms with Crippen molar-refractivity contribution in [3.8, 4) is 28.3 Å². The average Bonchev–Trinajstić information content (AvgIpc) is 3.27. The molecule has 1 aliphatic carbocycles. The number of rotatable bonds is 6. The zero-order valence-electron chi connectivity index (χ0n) is 18.4. The van der Waals surface area contributed by atoms with Gasteiger partial charge in [-0.2, -0.15) is 5.10 Å². The molecule has 2 heterocycles. The van der Waals surface area contributed by atoms with Crippen LogP contribution in [-0.2, 0) is 6.42 Å². The summed E-state index contributed by atoms with van der Waals surface area (Å²) in [6.45, 7) is 3.93. The van der Waals surface area contributed by atoms with Crippen LogP contribution >= 0.6 is 0 Å². The number of phenolic OH excluding ortho intramolecular Hbond substituents is 1. The molecule has 1 aliphatic heterocycles. The molecule has 1 saturated heterocycles. The molecule has 0 spiro atoms. The summed E-state index contributed by atoms with van der Waals surface area (Å²) in [4.78, 5) is 15.3. The van der Waals surface area contributed by atoms with Gasteiger partial charge in [0, 0.05) is 29.7 Å². The van der Waals surface area contributed by atoms with Gasteiger partial charge in [0.15, 0.2) is 0 Å². The monoisotopic (exact) mass is 430 g/mol. The minimum atomic E-state index is -0.240. The molecule has 0 saturated carbocycles. The first-order chi connectivity index (χ1) is 15.7. The van der Waals surface area contributed by atoms with Gasteiger partial charge in [0.25, 0.3) is 5.91 Å². The van der Waals surface area contributed by atoms with Crippen LogP contribution in [0.2, 0.25) is 0 Å². The number of likely N-dealkylation sites (tertiary alicyclic amines) is 1. The van der Waals surface area contributed by atoms with Crippen molar-refractivity contribution >= 4 is 5.91 Å². The fourth-order valence-electron chi connectivity index (χ4n) is 4.93. The number of carbonyl (C=O) groups is 1. The van der Waals surface area contributed by atoms with Crippen LogP contribution in [0.1, 0.15) is 53.6 Å². The second kappa shape index (κ2) is 9.17. The largest absolute Gasteiger partial charge is 0.507 e. The van der Waals surface area contributed by atoms with E-state index in [4.69, 9.17) is 0 Å². The maximum absolute atomic E-state index is 12.8. The van der Waals surface area contributed by atoms with Crippen molar-refractivity contribution in [2.24, 2.45) is 0 Å². The van der Waals surface area contributed by atoms with Gasteiger partial charge in [0.1, 0.15) is 5.75 Å². The third-order valence-corrected chi connectivity index (χ3v) is 6.67. The second-order valence-electron chi connectivity index (χ2n) is 8.86. The Balaban J connectivity index is 1.26. The van der Waals surface area contributed by atoms with Gasteiger partial charge in [0.05, 0.1) is 17.0 Å². The van der Waals surface area contributed by atoms with E-state index in [9.17, 15) is 9.90 Å². The van der Waals surface area contributed by atoms with Crippen molar-refractivity contribution in [2.75, 3.05) is 26.2 Å². The third kappa shape index (κ3) is 4.15. The van der Waals surface area contributed by atoms with Gasteiger partial charge in [-0.05, 0) is 62.7 Å². The van der Waals surface area contributed by atoms with Crippen molar-refractivity contribution < 1.29 is 9.90 Å². The highest BCUT2D eigenvalue weighted by Gasteiger charge is 2.25. The summed E-state index contributed by atoms with van der Waals surface area (Å²) in [6.07, 6.45) is 6.93. The van der Waals surface area contributed by atoms with Gasteiger partial charge < -0.3 is 15.3 Å². The molecule has 0 atom stereocenters. The van der Waals surface area contributed by atoms with E-state index in [1.807, 2.05) is 18.2 Å². The van der Waals surface area contributed by atoms with Gasteiger partial charge in [-0.3, -0.25) is 9.89 Å². The first kappa shape index (κ1) is 20.8. The van der Waals surface area contributed by atoms with E-state index in [1.165, 1.54) is 36.8 Å². The Hall–Kier alpha value is -3.12. The molecule has 0 radical (unpaired) electrons. The third-order valence-electron chi connectivity index (χ3n) is 6.67. The molecular weight excluding hydrogens is 400 g/mol. The minimum Gasteiger partial charge on any atom is -0.507 e. The first-order valence-electron chi connectivity index (χ1n) is 11.7. The van der Waals surface area contributed by atoms with E-state index in [1.54, 1.807) is 12.1 Å². The number of amides is 1. The lowest BCUT2D eigenvalue weighted by Gasteiger charge is -2.19. The van der Waals surface area contributed by atoms with Crippen molar-refractivity contribution in [1.82, 2.24) is 20.4 Å². The number of carbonyl (C=O) groups excluding carboxylic acids is 1. The van der Waals surface area contributed by atoms with Gasteiger partial charge in [-0.1, -0.05) is 37.1 Å². The molecule has 6 nitrogen and oxygen atoms in total. The van der Waals surface area contributed by atoms with Gasteiger partial charge in [-0.25, -0.2) is 0 Å². The predicted octanol–water partition coefficient (Wildman–Crippen LogP) is 4.35. The summed E-state index contributed by atoms with van der Waals surface area (Å²) in [5.41, 5.74) is 6.61. The SMILES string of the molecule is O=C(NCCCN1CCCCCC1)c1cc(-c2n[nH]c3c2Cc2ccccc2-3)ccc1O. The summed E-state index contributed by atoms with van der Waals surface area (Å²) in [5.74, 6) is -0.245. The Morgan fingerprint density at radius 2 is 1.91 bits per heavy atom. The first-order valence-corrected chi connectivity index (χ1v) is 11.7. The molecule has 0 bridgehead atoms. The number of aromatic nitrogens is 2. The molecule has 1 amide bonds. The topological polar surface area (TPSA) is 81.2 Å². The highest BCUT2D eigenvalue weighted by atomic mass is 16.3. The van der Waals surface area contributed by atoms with E-state index < -0.39 is 0 Å². The Labute approximate surface area is 188 Å². The van der Waals surface area contributed by atoms with Crippen LogP contribution in [0, 0.1) is 0 Å². The van der Waals surface area contributed by atoms with Crippen molar-refractivity contribution in [3.63, 3.8) is 0 Å². The standard InChI is InChI=1S/C26H30N4O2/c31-23-11-10-19(24-22-16-18-8-3-4-9-20(18)25(22)29-28-24)17-21(23)26(32)27-12-7-15-30-13-5-1-2-6-14-30/h3-4,8-11,17,31H,1-2,5-7,12-16H2,(H,27,32)(H,28,29). The molecule has 2 aromatic carbocycles.